The van der Waals surface area contributed by atoms with E-state index in [1.54, 1.807) is 0 Å². The topological polar surface area (TPSA) is 40.5 Å². The van der Waals surface area contributed by atoms with Crippen molar-refractivity contribution in [2.75, 3.05) is 13.1 Å². The highest BCUT2D eigenvalue weighted by atomic mass is 35.5. The SMILES string of the molecule is CC1CC(C(=O)O)CN(Cc2csc(Cl)c2Cl)C1. The van der Waals surface area contributed by atoms with Crippen LogP contribution in [-0.4, -0.2) is 29.1 Å². The Bertz CT molecular complexity index is 449. The first kappa shape index (κ1) is 14.1. The van der Waals surface area contributed by atoms with E-state index in [1.807, 2.05) is 5.38 Å². The van der Waals surface area contributed by atoms with Gasteiger partial charge in [-0.05, 0) is 23.3 Å². The zero-order chi connectivity index (χ0) is 13.3. The number of carboxylic acid groups (broad SMARTS) is 1. The molecule has 0 bridgehead atoms. The predicted octanol–water partition coefficient (Wildman–Crippen LogP) is 3.60. The van der Waals surface area contributed by atoms with Crippen molar-refractivity contribution >= 4 is 40.5 Å². The summed E-state index contributed by atoms with van der Waals surface area (Å²) in [6.45, 7) is 4.26. The van der Waals surface area contributed by atoms with Crippen LogP contribution in [0.25, 0.3) is 0 Å². The lowest BCUT2D eigenvalue weighted by atomic mass is 9.90. The minimum atomic E-state index is -0.707. The Kier molecular flexibility index (Phi) is 4.54. The average Bonchev–Trinajstić information content (AvgIpc) is 2.60. The first-order chi connectivity index (χ1) is 8.47. The average molecular weight is 308 g/mol. The molecule has 0 amide bonds. The Labute approximate surface area is 120 Å². The Morgan fingerprint density at radius 3 is 2.83 bits per heavy atom. The summed E-state index contributed by atoms with van der Waals surface area (Å²) in [5, 5.41) is 11.7. The maximum absolute atomic E-state index is 11.1. The Morgan fingerprint density at radius 1 is 1.56 bits per heavy atom. The van der Waals surface area contributed by atoms with Crippen LogP contribution < -0.4 is 0 Å². The molecule has 1 aromatic rings. The van der Waals surface area contributed by atoms with Crippen LogP contribution in [-0.2, 0) is 11.3 Å². The van der Waals surface area contributed by atoms with Crippen LogP contribution >= 0.6 is 34.5 Å². The lowest BCUT2D eigenvalue weighted by Gasteiger charge is -2.34. The molecule has 1 aliphatic rings. The molecule has 18 heavy (non-hydrogen) atoms. The van der Waals surface area contributed by atoms with E-state index in [9.17, 15) is 4.79 Å². The number of rotatable bonds is 3. The van der Waals surface area contributed by atoms with Gasteiger partial charge >= 0.3 is 5.97 Å². The summed E-state index contributed by atoms with van der Waals surface area (Å²) in [5.41, 5.74) is 0.991. The van der Waals surface area contributed by atoms with Gasteiger partial charge in [-0.25, -0.2) is 0 Å². The van der Waals surface area contributed by atoms with Gasteiger partial charge in [0.25, 0.3) is 0 Å². The summed E-state index contributed by atoms with van der Waals surface area (Å²) in [6.07, 6.45) is 0.754. The van der Waals surface area contributed by atoms with Gasteiger partial charge in [0.2, 0.25) is 0 Å². The smallest absolute Gasteiger partial charge is 0.307 e. The molecule has 6 heteroatoms. The molecule has 2 heterocycles. The van der Waals surface area contributed by atoms with Crippen molar-refractivity contribution < 1.29 is 9.90 Å². The molecule has 1 N–H and O–H groups in total. The van der Waals surface area contributed by atoms with Crippen molar-refractivity contribution in [1.82, 2.24) is 4.90 Å². The quantitative estimate of drug-likeness (QED) is 0.927. The van der Waals surface area contributed by atoms with Crippen molar-refractivity contribution in [3.63, 3.8) is 0 Å². The van der Waals surface area contributed by atoms with Crippen LogP contribution in [0.1, 0.15) is 18.9 Å². The van der Waals surface area contributed by atoms with E-state index in [-0.39, 0.29) is 5.92 Å². The lowest BCUT2D eigenvalue weighted by Crippen LogP contribution is -2.41. The molecule has 0 aliphatic carbocycles. The van der Waals surface area contributed by atoms with E-state index in [2.05, 4.69) is 11.8 Å². The van der Waals surface area contributed by atoms with Gasteiger partial charge in [0, 0.05) is 19.6 Å². The number of aliphatic carboxylic acids is 1. The van der Waals surface area contributed by atoms with Crippen LogP contribution in [0.5, 0.6) is 0 Å². The number of halogens is 2. The first-order valence-electron chi connectivity index (χ1n) is 5.84. The number of hydrogen-bond donors (Lipinski definition) is 1. The number of thiophene rings is 1. The molecule has 0 spiro atoms. The van der Waals surface area contributed by atoms with Gasteiger partial charge in [-0.15, -0.1) is 11.3 Å². The van der Waals surface area contributed by atoms with E-state index in [0.717, 1.165) is 18.5 Å². The molecular weight excluding hydrogens is 293 g/mol. The van der Waals surface area contributed by atoms with Gasteiger partial charge < -0.3 is 5.11 Å². The third kappa shape index (κ3) is 3.18. The zero-order valence-electron chi connectivity index (χ0n) is 10.0. The molecule has 3 nitrogen and oxygen atoms in total. The molecule has 0 saturated carbocycles. The van der Waals surface area contributed by atoms with E-state index >= 15 is 0 Å². The maximum Gasteiger partial charge on any atom is 0.307 e. The maximum atomic E-state index is 11.1. The van der Waals surface area contributed by atoms with Crippen molar-refractivity contribution in [3.05, 3.63) is 20.3 Å². The van der Waals surface area contributed by atoms with E-state index < -0.39 is 5.97 Å². The Morgan fingerprint density at radius 2 is 2.28 bits per heavy atom. The molecule has 1 saturated heterocycles. The highest BCUT2D eigenvalue weighted by molar-refractivity contribution is 7.15. The number of nitrogens with zero attached hydrogens (tertiary/aromatic N) is 1. The molecule has 2 rings (SSSR count). The van der Waals surface area contributed by atoms with Crippen LogP contribution in [0.4, 0.5) is 0 Å². The minimum absolute atomic E-state index is 0.276. The van der Waals surface area contributed by atoms with Gasteiger partial charge in [-0.3, -0.25) is 9.69 Å². The molecule has 1 fully saturated rings. The van der Waals surface area contributed by atoms with Crippen LogP contribution in [0.15, 0.2) is 5.38 Å². The fraction of sp³-hybridized carbons (Fsp3) is 0.583. The summed E-state index contributed by atoms with van der Waals surface area (Å²) < 4.78 is 0.603. The van der Waals surface area contributed by atoms with Gasteiger partial charge in [0.15, 0.2) is 0 Å². The van der Waals surface area contributed by atoms with E-state index in [4.69, 9.17) is 28.3 Å². The molecule has 1 aliphatic heterocycles. The second-order valence-corrected chi connectivity index (χ2v) is 6.78. The van der Waals surface area contributed by atoms with Crippen LogP contribution in [0.3, 0.4) is 0 Å². The number of carboxylic acids is 1. The lowest BCUT2D eigenvalue weighted by molar-refractivity contribution is -0.144. The second-order valence-electron chi connectivity index (χ2n) is 4.92. The predicted molar refractivity (Wildman–Crippen MR) is 74.5 cm³/mol. The van der Waals surface area contributed by atoms with Gasteiger partial charge in [0.05, 0.1) is 10.9 Å². The molecule has 1 aromatic heterocycles. The summed E-state index contributed by atoms with van der Waals surface area (Å²) in [4.78, 5) is 13.2. The van der Waals surface area contributed by atoms with Crippen LogP contribution in [0, 0.1) is 11.8 Å². The van der Waals surface area contributed by atoms with Gasteiger partial charge in [-0.2, -0.15) is 0 Å². The first-order valence-corrected chi connectivity index (χ1v) is 7.47. The van der Waals surface area contributed by atoms with Gasteiger partial charge in [0.1, 0.15) is 4.34 Å². The zero-order valence-corrected chi connectivity index (χ0v) is 12.4. The number of likely N-dealkylation sites (tertiary alicyclic amines) is 1. The Hall–Kier alpha value is -0.290. The van der Waals surface area contributed by atoms with Crippen molar-refractivity contribution in [1.29, 1.82) is 0 Å². The number of piperidine rings is 1. The van der Waals surface area contributed by atoms with E-state index in [0.29, 0.717) is 28.4 Å². The van der Waals surface area contributed by atoms with Crippen molar-refractivity contribution in [2.24, 2.45) is 11.8 Å². The monoisotopic (exact) mass is 307 g/mol. The summed E-state index contributed by atoms with van der Waals surface area (Å²) in [6, 6.07) is 0. The second kappa shape index (κ2) is 5.78. The minimum Gasteiger partial charge on any atom is -0.481 e. The summed E-state index contributed by atoms with van der Waals surface area (Å²) in [7, 11) is 0. The Balaban J connectivity index is 2.04. The van der Waals surface area contributed by atoms with Crippen LogP contribution in [0.2, 0.25) is 9.36 Å². The summed E-state index contributed by atoms with van der Waals surface area (Å²) >= 11 is 13.4. The molecule has 0 aromatic carbocycles. The number of hydrogen-bond acceptors (Lipinski definition) is 3. The molecule has 100 valence electrons. The molecular formula is C12H15Cl2NO2S. The third-order valence-electron chi connectivity index (χ3n) is 3.24. The standard InChI is InChI=1S/C12H15Cl2NO2S/c1-7-2-8(12(16)17)4-15(3-7)5-9-6-18-11(14)10(9)13/h6-8H,2-5H2,1H3,(H,16,17). The van der Waals surface area contributed by atoms with E-state index in [1.165, 1.54) is 11.3 Å². The summed E-state index contributed by atoms with van der Waals surface area (Å²) in [5.74, 6) is -0.588. The highest BCUT2D eigenvalue weighted by Gasteiger charge is 2.29. The molecule has 0 radical (unpaired) electrons. The van der Waals surface area contributed by atoms with Crippen molar-refractivity contribution in [3.8, 4) is 0 Å². The largest absolute Gasteiger partial charge is 0.481 e. The van der Waals surface area contributed by atoms with Crippen molar-refractivity contribution in [2.45, 2.75) is 19.9 Å². The molecule has 2 unspecified atom stereocenters. The third-order valence-corrected chi connectivity index (χ3v) is 5.15. The highest BCUT2D eigenvalue weighted by Crippen LogP contribution is 2.34. The number of carbonyl (C=O) groups is 1. The fourth-order valence-corrected chi connectivity index (χ4v) is 3.71. The normalized spacial score (nSPS) is 25.3. The fourth-order valence-electron chi connectivity index (χ4n) is 2.47. The van der Waals surface area contributed by atoms with Gasteiger partial charge in [-0.1, -0.05) is 30.1 Å². The molecule has 2 atom stereocenters.